The molecule has 186 valence electrons. The van der Waals surface area contributed by atoms with E-state index in [0.29, 0.717) is 49.4 Å². The number of rotatable bonds is 6. The average Bonchev–Trinajstić information content (AvgIpc) is 3.19. The predicted molar refractivity (Wildman–Crippen MR) is 128 cm³/mol. The van der Waals surface area contributed by atoms with E-state index >= 15 is 0 Å². The first-order valence-corrected chi connectivity index (χ1v) is 12.1. The quantitative estimate of drug-likeness (QED) is 0.456. The minimum atomic E-state index is -0.836. The van der Waals surface area contributed by atoms with E-state index in [0.717, 1.165) is 31.6 Å². The number of hydrogen-bond acceptors (Lipinski definition) is 7. The van der Waals surface area contributed by atoms with Crippen LogP contribution >= 0.6 is 11.6 Å². The topological polar surface area (TPSA) is 120 Å². The molecule has 3 aromatic rings. The van der Waals surface area contributed by atoms with Crippen molar-refractivity contribution in [1.29, 1.82) is 0 Å². The number of imidazole rings is 1. The van der Waals surface area contributed by atoms with Gasteiger partial charge in [-0.25, -0.2) is 18.7 Å². The first kappa shape index (κ1) is 23.7. The van der Waals surface area contributed by atoms with Gasteiger partial charge >= 0.3 is 0 Å². The molecule has 0 bridgehead atoms. The molecule has 1 atom stereocenters. The van der Waals surface area contributed by atoms with Crippen LogP contribution in [0, 0.1) is 17.6 Å². The molecule has 2 aliphatic rings. The van der Waals surface area contributed by atoms with Crippen LogP contribution in [-0.4, -0.2) is 44.7 Å². The number of nitrogens with two attached hydrogens (primary N) is 1. The second-order valence-corrected chi connectivity index (χ2v) is 9.48. The molecule has 9 nitrogen and oxygen atoms in total. The summed E-state index contributed by atoms with van der Waals surface area (Å²) in [5.74, 6) is -1.52. The van der Waals surface area contributed by atoms with Crippen molar-refractivity contribution in [1.82, 2.24) is 19.5 Å². The summed E-state index contributed by atoms with van der Waals surface area (Å²) in [5.41, 5.74) is 6.15. The summed E-state index contributed by atoms with van der Waals surface area (Å²) >= 11 is 5.78. The van der Waals surface area contributed by atoms with Crippen LogP contribution in [0.1, 0.15) is 44.6 Å². The maximum Gasteiger partial charge on any atom is 0.225 e. The normalized spacial score (nSPS) is 22.8. The third-order valence-corrected chi connectivity index (χ3v) is 6.85. The van der Waals surface area contributed by atoms with Gasteiger partial charge in [0.2, 0.25) is 17.8 Å². The molecule has 1 aliphatic heterocycles. The Morgan fingerprint density at radius 2 is 1.89 bits per heavy atom. The lowest BCUT2D eigenvalue weighted by atomic mass is 9.85. The van der Waals surface area contributed by atoms with Crippen molar-refractivity contribution in [3.05, 3.63) is 35.0 Å². The predicted octanol–water partition coefficient (Wildman–Crippen LogP) is 4.31. The van der Waals surface area contributed by atoms with E-state index in [-0.39, 0.29) is 40.6 Å². The largest absolute Gasteiger partial charge is 0.379 e. The fraction of sp³-hybridized carbons (Fsp3) is 0.478. The van der Waals surface area contributed by atoms with Gasteiger partial charge < -0.3 is 21.1 Å². The third-order valence-electron chi connectivity index (χ3n) is 6.63. The van der Waals surface area contributed by atoms with Crippen molar-refractivity contribution in [2.45, 2.75) is 50.6 Å². The van der Waals surface area contributed by atoms with Crippen LogP contribution in [0.15, 0.2) is 18.3 Å². The van der Waals surface area contributed by atoms with E-state index in [1.54, 1.807) is 6.20 Å². The Morgan fingerprint density at radius 1 is 1.14 bits per heavy atom. The summed E-state index contributed by atoms with van der Waals surface area (Å²) in [4.78, 5) is 25.3. The summed E-state index contributed by atoms with van der Waals surface area (Å²) in [6.07, 6.45) is 5.98. The van der Waals surface area contributed by atoms with Crippen LogP contribution in [0.4, 0.5) is 26.4 Å². The van der Waals surface area contributed by atoms with Crippen molar-refractivity contribution in [2.24, 2.45) is 11.7 Å². The number of nitrogens with one attached hydrogen (secondary N) is 2. The van der Waals surface area contributed by atoms with Crippen molar-refractivity contribution in [3.8, 4) is 0 Å². The summed E-state index contributed by atoms with van der Waals surface area (Å²) < 4.78 is 36.5. The Morgan fingerprint density at radius 3 is 2.54 bits per heavy atom. The van der Waals surface area contributed by atoms with Gasteiger partial charge in [-0.3, -0.25) is 9.36 Å². The molecule has 1 amide bonds. The minimum absolute atomic E-state index is 0.0443. The Labute approximate surface area is 205 Å². The number of aromatic nitrogens is 4. The summed E-state index contributed by atoms with van der Waals surface area (Å²) in [6, 6.07) is 2.06. The van der Waals surface area contributed by atoms with Gasteiger partial charge in [-0.15, -0.1) is 0 Å². The van der Waals surface area contributed by atoms with Gasteiger partial charge in [-0.1, -0.05) is 11.6 Å². The van der Waals surface area contributed by atoms with Crippen molar-refractivity contribution < 1.29 is 18.3 Å². The number of halogens is 3. The lowest BCUT2D eigenvalue weighted by Gasteiger charge is -2.29. The van der Waals surface area contributed by atoms with Crippen LogP contribution in [-0.2, 0) is 9.53 Å². The second-order valence-electron chi connectivity index (χ2n) is 9.04. The van der Waals surface area contributed by atoms with Crippen LogP contribution < -0.4 is 16.4 Å². The van der Waals surface area contributed by atoms with E-state index in [9.17, 15) is 13.6 Å². The Hall–Kier alpha value is -3.05. The number of nitrogens with zero attached hydrogens (tertiary/aromatic N) is 4. The highest BCUT2D eigenvalue weighted by Crippen LogP contribution is 2.37. The highest BCUT2D eigenvalue weighted by atomic mass is 35.5. The number of primary amides is 1. The molecule has 5 rings (SSSR count). The molecule has 0 spiro atoms. The molecule has 1 aliphatic carbocycles. The SMILES string of the molecule is NC(=O)C1CCC(n2c(Nc3c(F)cc(Cl)cc3F)nc3cnc(NC4CCCOC4)nc32)CC1. The lowest BCUT2D eigenvalue weighted by molar-refractivity contribution is -0.122. The first-order valence-electron chi connectivity index (χ1n) is 11.7. The zero-order chi connectivity index (χ0) is 24.5. The fourth-order valence-corrected chi connectivity index (χ4v) is 5.02. The molecule has 35 heavy (non-hydrogen) atoms. The number of benzene rings is 1. The molecule has 12 heteroatoms. The number of anilines is 3. The molecule has 0 radical (unpaired) electrons. The Balaban J connectivity index is 1.52. The molecule has 1 saturated carbocycles. The van der Waals surface area contributed by atoms with Gasteiger partial charge in [0.05, 0.1) is 18.8 Å². The molecule has 2 aromatic heterocycles. The third kappa shape index (κ3) is 5.01. The zero-order valence-electron chi connectivity index (χ0n) is 18.9. The van der Waals surface area contributed by atoms with Crippen molar-refractivity contribution >= 4 is 46.3 Å². The van der Waals surface area contributed by atoms with Gasteiger partial charge in [0, 0.05) is 23.6 Å². The number of carbonyl (C=O) groups excluding carboxylic acids is 1. The zero-order valence-corrected chi connectivity index (χ0v) is 19.7. The molecule has 3 heterocycles. The summed E-state index contributed by atoms with van der Waals surface area (Å²) in [5, 5.41) is 6.06. The first-order chi connectivity index (χ1) is 16.9. The number of fused-ring (bicyclic) bond motifs is 1. The number of hydrogen-bond donors (Lipinski definition) is 3. The van der Waals surface area contributed by atoms with Crippen molar-refractivity contribution in [3.63, 3.8) is 0 Å². The number of amides is 1. The van der Waals surface area contributed by atoms with E-state index in [1.807, 2.05) is 4.57 Å². The van der Waals surface area contributed by atoms with Crippen LogP contribution in [0.5, 0.6) is 0 Å². The fourth-order valence-electron chi connectivity index (χ4n) is 4.82. The standard InChI is InChI=1S/C23H26ClF2N7O2/c24-13-8-16(25)19(17(26)9-13)31-23-30-18-10-28-22(29-14-2-1-7-35-11-14)32-21(18)33(23)15-5-3-12(4-6-15)20(27)34/h8-10,12,14-15H,1-7,11H2,(H2,27,34)(H,30,31)(H,28,29,32). The van der Waals surface area contributed by atoms with Gasteiger partial charge in [0.15, 0.2) is 17.3 Å². The number of carbonyl (C=O) groups is 1. The maximum absolute atomic E-state index is 14.6. The van der Waals surface area contributed by atoms with Crippen LogP contribution in [0.25, 0.3) is 11.2 Å². The maximum atomic E-state index is 14.6. The highest BCUT2D eigenvalue weighted by Gasteiger charge is 2.30. The highest BCUT2D eigenvalue weighted by molar-refractivity contribution is 6.30. The molecule has 2 fully saturated rings. The monoisotopic (exact) mass is 505 g/mol. The van der Waals surface area contributed by atoms with Gasteiger partial charge in [-0.2, -0.15) is 4.98 Å². The van der Waals surface area contributed by atoms with Crippen molar-refractivity contribution in [2.75, 3.05) is 23.8 Å². The molecule has 1 saturated heterocycles. The van der Waals surface area contributed by atoms with E-state index in [1.165, 1.54) is 0 Å². The Kier molecular flexibility index (Phi) is 6.70. The molecule has 1 unspecified atom stereocenters. The molecular formula is C23H26ClF2N7O2. The van der Waals surface area contributed by atoms with E-state index in [2.05, 4.69) is 20.6 Å². The van der Waals surface area contributed by atoms with E-state index < -0.39 is 11.6 Å². The smallest absolute Gasteiger partial charge is 0.225 e. The average molecular weight is 506 g/mol. The molecule has 1 aromatic carbocycles. The molecule has 4 N–H and O–H groups in total. The van der Waals surface area contributed by atoms with Gasteiger partial charge in [-0.05, 0) is 50.7 Å². The van der Waals surface area contributed by atoms with Crippen LogP contribution in [0.3, 0.4) is 0 Å². The van der Waals surface area contributed by atoms with Gasteiger partial charge in [0.25, 0.3) is 0 Å². The molecular weight excluding hydrogens is 480 g/mol. The van der Waals surface area contributed by atoms with Crippen LogP contribution in [0.2, 0.25) is 5.02 Å². The second kappa shape index (κ2) is 9.90. The lowest BCUT2D eigenvalue weighted by Crippen LogP contribution is -2.31. The summed E-state index contributed by atoms with van der Waals surface area (Å²) in [6.45, 7) is 1.31. The van der Waals surface area contributed by atoms with Gasteiger partial charge in [0.1, 0.15) is 11.2 Å². The summed E-state index contributed by atoms with van der Waals surface area (Å²) in [7, 11) is 0. The van der Waals surface area contributed by atoms with E-state index in [4.69, 9.17) is 27.1 Å². The Bertz CT molecular complexity index is 1220. The minimum Gasteiger partial charge on any atom is -0.379 e. The number of ether oxygens (including phenoxy) is 1.